The molecule has 0 aromatic heterocycles. The van der Waals surface area contributed by atoms with E-state index in [1.54, 1.807) is 6.07 Å². The number of hydrogen-bond acceptors (Lipinski definition) is 2. The lowest BCUT2D eigenvalue weighted by Crippen LogP contribution is -2.39. The van der Waals surface area contributed by atoms with Crippen LogP contribution in [0.5, 0.6) is 0 Å². The Morgan fingerprint density at radius 3 is 2.74 bits per heavy atom. The van der Waals surface area contributed by atoms with Gasteiger partial charge < -0.3 is 10.6 Å². The number of likely N-dealkylation sites (N-methyl/N-ethyl adjacent to an activating group) is 1. The van der Waals surface area contributed by atoms with Gasteiger partial charge in [-0.15, -0.1) is 0 Å². The van der Waals surface area contributed by atoms with E-state index in [0.29, 0.717) is 13.0 Å². The van der Waals surface area contributed by atoms with Crippen LogP contribution in [-0.2, 0) is 4.79 Å². The minimum atomic E-state index is -0.259. The van der Waals surface area contributed by atoms with Gasteiger partial charge in [-0.1, -0.05) is 26.0 Å². The van der Waals surface area contributed by atoms with Crippen LogP contribution in [0.2, 0.25) is 0 Å². The van der Waals surface area contributed by atoms with Crippen molar-refractivity contribution in [2.75, 3.05) is 13.1 Å². The molecule has 0 bridgehead atoms. The third kappa shape index (κ3) is 5.83. The Labute approximate surface area is 114 Å². The fourth-order valence-electron chi connectivity index (χ4n) is 1.97. The lowest BCUT2D eigenvalue weighted by atomic mass is 9.97. The van der Waals surface area contributed by atoms with Gasteiger partial charge in [-0.25, -0.2) is 4.39 Å². The third-order valence-corrected chi connectivity index (χ3v) is 3.07. The maximum Gasteiger partial charge on any atom is 0.220 e. The fourth-order valence-corrected chi connectivity index (χ4v) is 1.97. The molecule has 0 heterocycles. The van der Waals surface area contributed by atoms with Crippen LogP contribution >= 0.6 is 0 Å². The number of amides is 1. The summed E-state index contributed by atoms with van der Waals surface area (Å²) in [5, 5.41) is 6.12. The number of carbonyl (C=O) groups excluding carboxylic acids is 1. The minimum Gasteiger partial charge on any atom is -0.355 e. The van der Waals surface area contributed by atoms with E-state index in [0.717, 1.165) is 12.1 Å². The van der Waals surface area contributed by atoms with Crippen LogP contribution in [0, 0.1) is 5.82 Å². The number of carbonyl (C=O) groups is 1. The topological polar surface area (TPSA) is 41.1 Å². The van der Waals surface area contributed by atoms with Gasteiger partial charge in [0, 0.05) is 19.0 Å². The summed E-state index contributed by atoms with van der Waals surface area (Å²) in [4.78, 5) is 11.8. The first-order chi connectivity index (χ1) is 9.02. The van der Waals surface area contributed by atoms with Gasteiger partial charge in [0.25, 0.3) is 0 Å². The van der Waals surface area contributed by atoms with E-state index in [1.807, 2.05) is 26.8 Å². The molecule has 2 atom stereocenters. The normalized spacial score (nSPS) is 13.9. The van der Waals surface area contributed by atoms with E-state index in [2.05, 4.69) is 10.6 Å². The third-order valence-electron chi connectivity index (χ3n) is 3.07. The van der Waals surface area contributed by atoms with Gasteiger partial charge in [-0.2, -0.15) is 0 Å². The Morgan fingerprint density at radius 1 is 1.37 bits per heavy atom. The molecule has 0 saturated carbocycles. The highest BCUT2D eigenvalue weighted by atomic mass is 19.1. The van der Waals surface area contributed by atoms with Gasteiger partial charge in [-0.3, -0.25) is 4.79 Å². The van der Waals surface area contributed by atoms with Crippen molar-refractivity contribution in [1.82, 2.24) is 10.6 Å². The average Bonchev–Trinajstić information content (AvgIpc) is 2.36. The lowest BCUT2D eigenvalue weighted by Gasteiger charge is -2.15. The van der Waals surface area contributed by atoms with Crippen molar-refractivity contribution in [1.29, 1.82) is 0 Å². The SMILES string of the molecule is CCN[C@H](C)CNC(=O)CC(C)c1cccc(F)c1. The first-order valence-electron chi connectivity index (χ1n) is 6.78. The summed E-state index contributed by atoms with van der Waals surface area (Å²) < 4.78 is 13.1. The molecule has 1 unspecified atom stereocenters. The monoisotopic (exact) mass is 266 g/mol. The molecule has 1 aromatic rings. The summed E-state index contributed by atoms with van der Waals surface area (Å²) in [7, 11) is 0. The molecule has 19 heavy (non-hydrogen) atoms. The van der Waals surface area contributed by atoms with Gasteiger partial charge in [0.1, 0.15) is 5.82 Å². The summed E-state index contributed by atoms with van der Waals surface area (Å²) in [6, 6.07) is 6.68. The molecule has 1 amide bonds. The molecule has 0 spiro atoms. The second-order valence-corrected chi connectivity index (χ2v) is 4.92. The van der Waals surface area contributed by atoms with E-state index in [1.165, 1.54) is 12.1 Å². The minimum absolute atomic E-state index is 0.00140. The van der Waals surface area contributed by atoms with Crippen molar-refractivity contribution in [2.24, 2.45) is 0 Å². The highest BCUT2D eigenvalue weighted by Crippen LogP contribution is 2.19. The van der Waals surface area contributed by atoms with Crippen LogP contribution in [0.1, 0.15) is 38.7 Å². The van der Waals surface area contributed by atoms with Crippen molar-refractivity contribution in [3.8, 4) is 0 Å². The quantitative estimate of drug-likeness (QED) is 0.796. The van der Waals surface area contributed by atoms with Crippen molar-refractivity contribution in [3.63, 3.8) is 0 Å². The van der Waals surface area contributed by atoms with Crippen molar-refractivity contribution >= 4 is 5.91 Å². The van der Waals surface area contributed by atoms with Crippen molar-refractivity contribution in [2.45, 2.75) is 39.2 Å². The summed E-state index contributed by atoms with van der Waals surface area (Å²) in [5.41, 5.74) is 0.856. The van der Waals surface area contributed by atoms with Crippen LogP contribution in [0.3, 0.4) is 0 Å². The van der Waals surface area contributed by atoms with E-state index < -0.39 is 0 Å². The molecule has 106 valence electrons. The Hall–Kier alpha value is -1.42. The zero-order valence-electron chi connectivity index (χ0n) is 11.9. The molecule has 0 aliphatic heterocycles. The molecule has 0 radical (unpaired) electrons. The maximum atomic E-state index is 13.1. The highest BCUT2D eigenvalue weighted by molar-refractivity contribution is 5.76. The number of hydrogen-bond donors (Lipinski definition) is 2. The Kier molecular flexibility index (Phi) is 6.50. The van der Waals surface area contributed by atoms with Crippen LogP contribution in [0.4, 0.5) is 4.39 Å². The fraction of sp³-hybridized carbons (Fsp3) is 0.533. The Bertz CT molecular complexity index is 409. The number of benzene rings is 1. The predicted octanol–water partition coefficient (Wildman–Crippen LogP) is 2.43. The molecular formula is C15H23FN2O. The molecule has 2 N–H and O–H groups in total. The standard InChI is InChI=1S/C15H23FN2O/c1-4-17-12(3)10-18-15(19)8-11(2)13-6-5-7-14(16)9-13/h5-7,9,11-12,17H,4,8,10H2,1-3H3,(H,18,19)/t11?,12-/m1/s1. The highest BCUT2D eigenvalue weighted by Gasteiger charge is 2.12. The molecule has 0 aliphatic carbocycles. The molecule has 3 nitrogen and oxygen atoms in total. The van der Waals surface area contributed by atoms with Gasteiger partial charge in [0.15, 0.2) is 0 Å². The number of nitrogens with one attached hydrogen (secondary N) is 2. The Balaban J connectivity index is 2.40. The van der Waals surface area contributed by atoms with Crippen LogP contribution in [0.15, 0.2) is 24.3 Å². The summed E-state index contributed by atoms with van der Waals surface area (Å²) >= 11 is 0. The van der Waals surface area contributed by atoms with Crippen molar-refractivity contribution in [3.05, 3.63) is 35.6 Å². The predicted molar refractivity (Wildman–Crippen MR) is 75.6 cm³/mol. The molecule has 1 aromatic carbocycles. The molecule has 0 saturated heterocycles. The lowest BCUT2D eigenvalue weighted by molar-refractivity contribution is -0.121. The maximum absolute atomic E-state index is 13.1. The smallest absolute Gasteiger partial charge is 0.220 e. The zero-order valence-corrected chi connectivity index (χ0v) is 11.9. The molecule has 0 fully saturated rings. The second kappa shape index (κ2) is 7.89. The molecular weight excluding hydrogens is 243 g/mol. The first-order valence-corrected chi connectivity index (χ1v) is 6.78. The van der Waals surface area contributed by atoms with E-state index >= 15 is 0 Å². The van der Waals surface area contributed by atoms with Gasteiger partial charge >= 0.3 is 0 Å². The summed E-state index contributed by atoms with van der Waals surface area (Å²) in [5.74, 6) is -0.239. The van der Waals surface area contributed by atoms with Gasteiger partial charge in [0.05, 0.1) is 0 Å². The van der Waals surface area contributed by atoms with Crippen LogP contribution in [-0.4, -0.2) is 25.0 Å². The van der Waals surface area contributed by atoms with E-state index in [9.17, 15) is 9.18 Å². The summed E-state index contributed by atoms with van der Waals surface area (Å²) in [6.07, 6.45) is 0.377. The second-order valence-electron chi connectivity index (χ2n) is 4.92. The van der Waals surface area contributed by atoms with Gasteiger partial charge in [0.2, 0.25) is 5.91 Å². The van der Waals surface area contributed by atoms with Crippen LogP contribution < -0.4 is 10.6 Å². The van der Waals surface area contributed by atoms with E-state index in [-0.39, 0.29) is 23.7 Å². The van der Waals surface area contributed by atoms with Gasteiger partial charge in [-0.05, 0) is 37.1 Å². The first kappa shape index (κ1) is 15.6. The molecule has 1 rings (SSSR count). The molecule has 0 aliphatic rings. The largest absolute Gasteiger partial charge is 0.355 e. The number of rotatable bonds is 7. The van der Waals surface area contributed by atoms with E-state index in [4.69, 9.17) is 0 Å². The zero-order chi connectivity index (χ0) is 14.3. The van der Waals surface area contributed by atoms with Crippen molar-refractivity contribution < 1.29 is 9.18 Å². The van der Waals surface area contributed by atoms with Crippen LogP contribution in [0.25, 0.3) is 0 Å². The molecule has 4 heteroatoms. The Morgan fingerprint density at radius 2 is 2.11 bits per heavy atom. The average molecular weight is 266 g/mol. The summed E-state index contributed by atoms with van der Waals surface area (Å²) in [6.45, 7) is 7.49. The number of halogens is 1.